The molecule has 0 amide bonds. The second-order valence-electron chi connectivity index (χ2n) is 2.97. The molecule has 1 nitrogen and oxygen atoms in total. The van der Waals surface area contributed by atoms with Gasteiger partial charge < -0.3 is 0 Å². The highest BCUT2D eigenvalue weighted by molar-refractivity contribution is 7.13. The van der Waals surface area contributed by atoms with E-state index in [1.54, 1.807) is 11.5 Å². The Balaban J connectivity index is 0.000000251. The summed E-state index contributed by atoms with van der Waals surface area (Å²) in [6.45, 7) is 6.29. The number of aryl methyl sites for hydroxylation is 1. The maximum atomic E-state index is 4.24. The SMILES string of the molecule is CCC.Cc1nsc2ccccc12. The van der Waals surface area contributed by atoms with Crippen molar-refractivity contribution in [3.63, 3.8) is 0 Å². The van der Waals surface area contributed by atoms with E-state index in [0.29, 0.717) is 0 Å². The number of nitrogens with zero attached hydrogens (tertiary/aromatic N) is 1. The van der Waals surface area contributed by atoms with Crippen LogP contribution >= 0.6 is 11.5 Å². The standard InChI is InChI=1S/C8H7NS.C3H8/c1-6-7-4-2-3-5-8(7)10-9-6;1-3-2/h2-5H,1H3;3H2,1-2H3. The van der Waals surface area contributed by atoms with Crippen LogP contribution in [-0.4, -0.2) is 4.37 Å². The minimum Gasteiger partial charge on any atom is -0.197 e. The fraction of sp³-hybridized carbons (Fsp3) is 0.364. The zero-order valence-corrected chi connectivity index (χ0v) is 9.19. The Hall–Kier alpha value is -0.890. The molecule has 0 unspecified atom stereocenters. The molecule has 0 aliphatic rings. The highest BCUT2D eigenvalue weighted by Gasteiger charge is 1.97. The lowest BCUT2D eigenvalue weighted by molar-refractivity contribution is 1.09. The molecule has 1 heterocycles. The number of hydrogen-bond acceptors (Lipinski definition) is 2. The summed E-state index contributed by atoms with van der Waals surface area (Å²) in [7, 11) is 0. The summed E-state index contributed by atoms with van der Waals surface area (Å²) in [6, 6.07) is 8.29. The van der Waals surface area contributed by atoms with Crippen LogP contribution in [0.25, 0.3) is 10.1 Å². The fourth-order valence-corrected chi connectivity index (χ4v) is 1.80. The van der Waals surface area contributed by atoms with Crippen LogP contribution in [0.3, 0.4) is 0 Å². The van der Waals surface area contributed by atoms with Crippen LogP contribution in [0, 0.1) is 6.92 Å². The first-order valence-electron chi connectivity index (χ1n) is 4.60. The molecule has 70 valence electrons. The third-order valence-electron chi connectivity index (χ3n) is 1.56. The molecule has 2 rings (SSSR count). The van der Waals surface area contributed by atoms with Gasteiger partial charge in [0.25, 0.3) is 0 Å². The monoisotopic (exact) mass is 193 g/mol. The molecule has 0 saturated carbocycles. The van der Waals surface area contributed by atoms with Crippen LogP contribution in [-0.2, 0) is 0 Å². The summed E-state index contributed by atoms with van der Waals surface area (Å²) in [5, 5.41) is 1.28. The minimum atomic E-state index is 1.14. The summed E-state index contributed by atoms with van der Waals surface area (Å²) in [4.78, 5) is 0. The van der Waals surface area contributed by atoms with Crippen molar-refractivity contribution >= 4 is 21.6 Å². The first kappa shape index (κ1) is 10.2. The summed E-state index contributed by atoms with van der Waals surface area (Å²) in [5.74, 6) is 0. The third kappa shape index (κ3) is 2.52. The average molecular weight is 193 g/mol. The summed E-state index contributed by atoms with van der Waals surface area (Å²) in [6.07, 6.45) is 1.25. The van der Waals surface area contributed by atoms with Gasteiger partial charge in [-0.15, -0.1) is 0 Å². The van der Waals surface area contributed by atoms with E-state index in [9.17, 15) is 0 Å². The number of hydrogen-bond donors (Lipinski definition) is 0. The lowest BCUT2D eigenvalue weighted by Crippen LogP contribution is -1.66. The second-order valence-corrected chi connectivity index (χ2v) is 3.78. The number of fused-ring (bicyclic) bond motifs is 1. The van der Waals surface area contributed by atoms with E-state index in [0.717, 1.165) is 5.69 Å². The molecule has 0 spiro atoms. The average Bonchev–Trinajstić information content (AvgIpc) is 2.50. The molecule has 0 aliphatic carbocycles. The van der Waals surface area contributed by atoms with Crippen molar-refractivity contribution < 1.29 is 0 Å². The van der Waals surface area contributed by atoms with Crippen molar-refractivity contribution in [3.05, 3.63) is 30.0 Å². The Bertz CT molecular complexity index is 365. The van der Waals surface area contributed by atoms with Crippen LogP contribution in [0.4, 0.5) is 0 Å². The minimum absolute atomic E-state index is 1.14. The van der Waals surface area contributed by atoms with Crippen LogP contribution in [0.5, 0.6) is 0 Å². The maximum absolute atomic E-state index is 4.24. The van der Waals surface area contributed by atoms with Crippen molar-refractivity contribution in [1.82, 2.24) is 4.37 Å². The lowest BCUT2D eigenvalue weighted by atomic mass is 10.2. The van der Waals surface area contributed by atoms with E-state index in [2.05, 4.69) is 30.4 Å². The number of benzene rings is 1. The van der Waals surface area contributed by atoms with Crippen molar-refractivity contribution in [2.45, 2.75) is 27.2 Å². The molecule has 1 aromatic carbocycles. The third-order valence-corrected chi connectivity index (χ3v) is 2.48. The Morgan fingerprint density at radius 3 is 2.46 bits per heavy atom. The topological polar surface area (TPSA) is 12.9 Å². The van der Waals surface area contributed by atoms with Gasteiger partial charge in [0, 0.05) is 5.39 Å². The smallest absolute Gasteiger partial charge is 0.0589 e. The predicted molar refractivity (Wildman–Crippen MR) is 60.3 cm³/mol. The van der Waals surface area contributed by atoms with Gasteiger partial charge in [-0.2, -0.15) is 4.37 Å². The van der Waals surface area contributed by atoms with Crippen molar-refractivity contribution in [3.8, 4) is 0 Å². The van der Waals surface area contributed by atoms with E-state index in [1.165, 1.54) is 16.5 Å². The highest BCUT2D eigenvalue weighted by atomic mass is 32.1. The molecular formula is C11H15NS. The molecular weight excluding hydrogens is 178 g/mol. The predicted octanol–water partition coefficient (Wildman–Crippen LogP) is 4.02. The summed E-state index contributed by atoms with van der Waals surface area (Å²) >= 11 is 1.56. The zero-order valence-electron chi connectivity index (χ0n) is 8.37. The van der Waals surface area contributed by atoms with Gasteiger partial charge in [-0.05, 0) is 24.5 Å². The molecule has 0 atom stereocenters. The van der Waals surface area contributed by atoms with Gasteiger partial charge in [0.15, 0.2) is 0 Å². The maximum Gasteiger partial charge on any atom is 0.0589 e. The zero-order chi connectivity index (χ0) is 9.68. The first-order chi connectivity index (χ1) is 6.29. The molecule has 0 fully saturated rings. The van der Waals surface area contributed by atoms with E-state index in [4.69, 9.17) is 0 Å². The van der Waals surface area contributed by atoms with Gasteiger partial charge in [0.05, 0.1) is 10.4 Å². The summed E-state index contributed by atoms with van der Waals surface area (Å²) in [5.41, 5.74) is 1.14. The van der Waals surface area contributed by atoms with E-state index in [1.807, 2.05) is 19.1 Å². The fourth-order valence-electron chi connectivity index (χ4n) is 1.01. The molecule has 0 N–H and O–H groups in total. The summed E-state index contributed by atoms with van der Waals surface area (Å²) < 4.78 is 5.52. The van der Waals surface area contributed by atoms with E-state index < -0.39 is 0 Å². The number of rotatable bonds is 0. The molecule has 13 heavy (non-hydrogen) atoms. The molecule has 0 radical (unpaired) electrons. The van der Waals surface area contributed by atoms with Gasteiger partial charge >= 0.3 is 0 Å². The molecule has 0 aliphatic heterocycles. The Labute approximate surface area is 83.6 Å². The van der Waals surface area contributed by atoms with Crippen molar-refractivity contribution in [2.24, 2.45) is 0 Å². The van der Waals surface area contributed by atoms with Gasteiger partial charge in [-0.25, -0.2) is 0 Å². The highest BCUT2D eigenvalue weighted by Crippen LogP contribution is 2.20. The molecule has 0 bridgehead atoms. The van der Waals surface area contributed by atoms with Crippen LogP contribution in [0.15, 0.2) is 24.3 Å². The van der Waals surface area contributed by atoms with Crippen LogP contribution in [0.2, 0.25) is 0 Å². The molecule has 2 heteroatoms. The van der Waals surface area contributed by atoms with Crippen molar-refractivity contribution in [2.75, 3.05) is 0 Å². The van der Waals surface area contributed by atoms with Gasteiger partial charge in [0.2, 0.25) is 0 Å². The van der Waals surface area contributed by atoms with Gasteiger partial charge in [-0.1, -0.05) is 38.5 Å². The largest absolute Gasteiger partial charge is 0.197 e. The van der Waals surface area contributed by atoms with E-state index in [-0.39, 0.29) is 0 Å². The van der Waals surface area contributed by atoms with Crippen LogP contribution < -0.4 is 0 Å². The Kier molecular flexibility index (Phi) is 3.90. The normalized spacial score (nSPS) is 9.46. The second kappa shape index (κ2) is 4.97. The lowest BCUT2D eigenvalue weighted by Gasteiger charge is -1.84. The molecule has 1 aromatic heterocycles. The molecule has 0 saturated heterocycles. The first-order valence-corrected chi connectivity index (χ1v) is 5.38. The number of aromatic nitrogens is 1. The van der Waals surface area contributed by atoms with Crippen LogP contribution in [0.1, 0.15) is 26.0 Å². The Morgan fingerprint density at radius 1 is 1.23 bits per heavy atom. The molecule has 2 aromatic rings. The van der Waals surface area contributed by atoms with Crippen molar-refractivity contribution in [1.29, 1.82) is 0 Å². The van der Waals surface area contributed by atoms with E-state index >= 15 is 0 Å². The van der Waals surface area contributed by atoms with Gasteiger partial charge in [-0.3, -0.25) is 0 Å². The quantitative estimate of drug-likeness (QED) is 0.615. The Morgan fingerprint density at radius 2 is 1.85 bits per heavy atom. The van der Waals surface area contributed by atoms with Gasteiger partial charge in [0.1, 0.15) is 0 Å².